The number of anilines is 1. The Morgan fingerprint density at radius 3 is 2.57 bits per heavy atom. The molecule has 1 aliphatic heterocycles. The van der Waals surface area contributed by atoms with Gasteiger partial charge in [-0.15, -0.1) is 0 Å². The molecule has 3 aromatic rings. The van der Waals surface area contributed by atoms with Crippen molar-refractivity contribution in [2.24, 2.45) is 0 Å². The number of hydrogen-bond donors (Lipinski definition) is 1. The second kappa shape index (κ2) is 6.79. The predicted molar refractivity (Wildman–Crippen MR) is 104 cm³/mol. The summed E-state index contributed by atoms with van der Waals surface area (Å²) in [7, 11) is -4.18. The minimum atomic E-state index is -4.18. The van der Waals surface area contributed by atoms with Crippen LogP contribution in [-0.4, -0.2) is 20.9 Å². The first-order chi connectivity index (χ1) is 13.3. The minimum absolute atomic E-state index is 0.0551. The molecule has 0 unspecified atom stereocenters. The number of rotatable bonds is 4. The molecule has 1 saturated heterocycles. The molecule has 0 atom stereocenters. The van der Waals surface area contributed by atoms with Crippen molar-refractivity contribution < 1.29 is 22.3 Å². The van der Waals surface area contributed by atoms with Crippen LogP contribution in [0.15, 0.2) is 54.6 Å². The number of aryl methyl sites for hydroxylation is 1. The van der Waals surface area contributed by atoms with Crippen molar-refractivity contribution in [1.29, 1.82) is 0 Å². The fourth-order valence-electron chi connectivity index (χ4n) is 3.17. The number of benzene rings is 3. The first-order valence-electron chi connectivity index (χ1n) is 8.58. The Hall–Kier alpha value is -3.13. The highest BCUT2D eigenvalue weighted by atomic mass is 32.2. The van der Waals surface area contributed by atoms with Crippen molar-refractivity contribution in [3.63, 3.8) is 0 Å². The standard InChI is InChI=1S/C20H17FN2O4S/c1-13-7-8-16-15(9-13)10-17(27-12-14-5-3-2-4-6-14)20(19(16)21)23-11-18(24)22-28(23,25)26/h2-10H,11-12H2,1H3,(H,22,24). The molecule has 4 rings (SSSR count). The van der Waals surface area contributed by atoms with Gasteiger partial charge in [0.2, 0.25) is 0 Å². The van der Waals surface area contributed by atoms with E-state index in [0.29, 0.717) is 9.69 Å². The maximum absolute atomic E-state index is 15.4. The summed E-state index contributed by atoms with van der Waals surface area (Å²) in [6, 6.07) is 16.0. The van der Waals surface area contributed by atoms with Gasteiger partial charge in [-0.3, -0.25) is 4.79 Å². The molecule has 144 valence electrons. The van der Waals surface area contributed by atoms with Gasteiger partial charge in [-0.25, -0.2) is 13.4 Å². The van der Waals surface area contributed by atoms with E-state index in [2.05, 4.69) is 0 Å². The van der Waals surface area contributed by atoms with Crippen molar-refractivity contribution in [2.45, 2.75) is 13.5 Å². The van der Waals surface area contributed by atoms with Gasteiger partial charge in [-0.05, 0) is 23.9 Å². The SMILES string of the molecule is Cc1ccc2c(F)c(N3CC(=O)NS3(=O)=O)c(OCc3ccccc3)cc2c1. The second-order valence-corrected chi connectivity index (χ2v) is 8.17. The molecular weight excluding hydrogens is 383 g/mol. The van der Waals surface area contributed by atoms with Gasteiger partial charge in [-0.1, -0.05) is 54.1 Å². The number of carbonyl (C=O) groups is 1. The fraction of sp³-hybridized carbons (Fsp3) is 0.150. The summed E-state index contributed by atoms with van der Waals surface area (Å²) in [5.74, 6) is -1.42. The van der Waals surface area contributed by atoms with Crippen LogP contribution >= 0.6 is 0 Å². The van der Waals surface area contributed by atoms with E-state index in [0.717, 1.165) is 11.1 Å². The number of ether oxygens (including phenoxy) is 1. The number of carbonyl (C=O) groups excluding carboxylic acids is 1. The lowest BCUT2D eigenvalue weighted by molar-refractivity contribution is -0.117. The lowest BCUT2D eigenvalue weighted by atomic mass is 10.1. The summed E-state index contributed by atoms with van der Waals surface area (Å²) < 4.78 is 48.4. The predicted octanol–water partition coefficient (Wildman–Crippen LogP) is 3.05. The van der Waals surface area contributed by atoms with Crippen molar-refractivity contribution in [3.8, 4) is 5.75 Å². The van der Waals surface area contributed by atoms with E-state index >= 15 is 4.39 Å². The molecule has 1 heterocycles. The van der Waals surface area contributed by atoms with Crippen molar-refractivity contribution in [1.82, 2.24) is 4.72 Å². The number of nitrogens with zero attached hydrogens (tertiary/aromatic N) is 1. The molecule has 1 N–H and O–H groups in total. The van der Waals surface area contributed by atoms with Crippen molar-refractivity contribution >= 4 is 32.6 Å². The van der Waals surface area contributed by atoms with Gasteiger partial charge >= 0.3 is 10.2 Å². The number of halogens is 1. The lowest BCUT2D eigenvalue weighted by Gasteiger charge is -2.21. The molecule has 1 fully saturated rings. The second-order valence-electron chi connectivity index (χ2n) is 6.57. The van der Waals surface area contributed by atoms with Gasteiger partial charge in [-0.2, -0.15) is 8.42 Å². The topological polar surface area (TPSA) is 75.7 Å². The molecular formula is C20H17FN2O4S. The number of hydrogen-bond acceptors (Lipinski definition) is 4. The Bertz CT molecular complexity index is 1180. The minimum Gasteiger partial charge on any atom is -0.487 e. The van der Waals surface area contributed by atoms with Crippen LogP contribution in [0.1, 0.15) is 11.1 Å². The highest BCUT2D eigenvalue weighted by molar-refractivity contribution is 7.92. The molecule has 1 aliphatic rings. The van der Waals surface area contributed by atoms with Crippen LogP contribution in [-0.2, 0) is 21.6 Å². The first-order valence-corrected chi connectivity index (χ1v) is 10.0. The van der Waals surface area contributed by atoms with Crippen LogP contribution in [0.25, 0.3) is 10.8 Å². The number of fused-ring (bicyclic) bond motifs is 1. The zero-order valence-electron chi connectivity index (χ0n) is 15.0. The van der Waals surface area contributed by atoms with Crippen molar-refractivity contribution in [2.75, 3.05) is 10.8 Å². The van der Waals surface area contributed by atoms with Gasteiger partial charge in [0.15, 0.2) is 5.82 Å². The molecule has 0 radical (unpaired) electrons. The molecule has 3 aromatic carbocycles. The van der Waals surface area contributed by atoms with Gasteiger partial charge < -0.3 is 4.74 Å². The smallest absolute Gasteiger partial charge is 0.326 e. The monoisotopic (exact) mass is 400 g/mol. The van der Waals surface area contributed by atoms with Gasteiger partial charge in [0.1, 0.15) is 24.6 Å². The van der Waals surface area contributed by atoms with Gasteiger partial charge in [0, 0.05) is 5.39 Å². The third-order valence-corrected chi connectivity index (χ3v) is 5.86. The number of nitrogens with one attached hydrogen (secondary N) is 1. The molecule has 6 nitrogen and oxygen atoms in total. The number of amides is 1. The van der Waals surface area contributed by atoms with E-state index in [1.807, 2.05) is 42.0 Å². The maximum Gasteiger partial charge on any atom is 0.326 e. The average molecular weight is 400 g/mol. The van der Waals surface area contributed by atoms with E-state index in [9.17, 15) is 13.2 Å². The first kappa shape index (κ1) is 18.2. The maximum atomic E-state index is 15.4. The van der Waals surface area contributed by atoms with Crippen LogP contribution in [0.3, 0.4) is 0 Å². The third kappa shape index (κ3) is 3.27. The van der Waals surface area contributed by atoms with E-state index in [-0.39, 0.29) is 23.4 Å². The van der Waals surface area contributed by atoms with E-state index in [4.69, 9.17) is 4.74 Å². The molecule has 0 spiro atoms. The van der Waals surface area contributed by atoms with Crippen LogP contribution in [0.4, 0.5) is 10.1 Å². The molecule has 1 amide bonds. The lowest BCUT2D eigenvalue weighted by Crippen LogP contribution is -2.30. The zero-order chi connectivity index (χ0) is 19.9. The summed E-state index contributed by atoms with van der Waals surface area (Å²) in [6.45, 7) is 1.50. The Labute approximate surface area is 161 Å². The Kier molecular flexibility index (Phi) is 4.43. The van der Waals surface area contributed by atoms with E-state index < -0.39 is 28.5 Å². The highest BCUT2D eigenvalue weighted by Crippen LogP contribution is 2.39. The summed E-state index contributed by atoms with van der Waals surface area (Å²) >= 11 is 0. The molecule has 0 aromatic heterocycles. The molecule has 0 saturated carbocycles. The van der Waals surface area contributed by atoms with Gasteiger partial charge in [0.05, 0.1) is 0 Å². The quantitative estimate of drug-likeness (QED) is 0.730. The Balaban J connectivity index is 1.86. The zero-order valence-corrected chi connectivity index (χ0v) is 15.8. The highest BCUT2D eigenvalue weighted by Gasteiger charge is 2.38. The largest absolute Gasteiger partial charge is 0.487 e. The Morgan fingerprint density at radius 1 is 1.14 bits per heavy atom. The van der Waals surface area contributed by atoms with Crippen LogP contribution in [0, 0.1) is 12.7 Å². The average Bonchev–Trinajstić information content (AvgIpc) is 2.92. The Morgan fingerprint density at radius 2 is 1.89 bits per heavy atom. The summed E-state index contributed by atoms with van der Waals surface area (Å²) in [4.78, 5) is 11.7. The van der Waals surface area contributed by atoms with Crippen LogP contribution in [0.2, 0.25) is 0 Å². The third-order valence-electron chi connectivity index (χ3n) is 4.48. The summed E-state index contributed by atoms with van der Waals surface area (Å²) in [6.07, 6.45) is 0. The molecule has 8 heteroatoms. The summed E-state index contributed by atoms with van der Waals surface area (Å²) in [5, 5.41) is 0.836. The van der Waals surface area contributed by atoms with Crippen molar-refractivity contribution in [3.05, 3.63) is 71.5 Å². The normalized spacial score (nSPS) is 15.6. The molecule has 0 aliphatic carbocycles. The summed E-state index contributed by atoms with van der Waals surface area (Å²) in [5.41, 5.74) is 1.50. The molecule has 0 bridgehead atoms. The molecule has 28 heavy (non-hydrogen) atoms. The van der Waals surface area contributed by atoms with E-state index in [1.54, 1.807) is 24.3 Å². The van der Waals surface area contributed by atoms with E-state index in [1.165, 1.54) is 0 Å². The van der Waals surface area contributed by atoms with Gasteiger partial charge in [0.25, 0.3) is 5.91 Å². The fourth-order valence-corrected chi connectivity index (χ4v) is 4.33. The van der Waals surface area contributed by atoms with Crippen LogP contribution < -0.4 is 13.8 Å². The van der Waals surface area contributed by atoms with Crippen LogP contribution in [0.5, 0.6) is 5.75 Å².